The molecule has 21 heavy (non-hydrogen) atoms. The smallest absolute Gasteiger partial charge is 0.306 e. The van der Waals surface area contributed by atoms with Gasteiger partial charge in [-0.3, -0.25) is 9.59 Å². The SMILES string of the molecule is Cc1ccc(C(=O)NC(C)CCCC(C)C(=O)O)c(Br)c1. The number of carbonyl (C=O) groups excluding carboxylic acids is 1. The normalized spacial score (nSPS) is 13.5. The van der Waals surface area contributed by atoms with Crippen LogP contribution < -0.4 is 5.32 Å². The third-order valence-corrected chi connectivity index (χ3v) is 4.10. The fourth-order valence-electron chi connectivity index (χ4n) is 2.03. The minimum Gasteiger partial charge on any atom is -0.481 e. The average Bonchev–Trinajstić information content (AvgIpc) is 2.37. The molecular formula is C16H22BrNO3. The molecule has 1 rings (SSSR count). The van der Waals surface area contributed by atoms with Gasteiger partial charge >= 0.3 is 5.97 Å². The first kappa shape index (κ1) is 17.7. The van der Waals surface area contributed by atoms with Gasteiger partial charge in [-0.05, 0) is 60.3 Å². The van der Waals surface area contributed by atoms with Crippen LogP contribution in [0, 0.1) is 12.8 Å². The van der Waals surface area contributed by atoms with Crippen LogP contribution in [0.4, 0.5) is 0 Å². The third-order valence-electron chi connectivity index (χ3n) is 3.44. The molecule has 1 amide bonds. The minimum atomic E-state index is -0.768. The van der Waals surface area contributed by atoms with Crippen LogP contribution in [0.5, 0.6) is 0 Å². The number of hydrogen-bond acceptors (Lipinski definition) is 2. The lowest BCUT2D eigenvalue weighted by Crippen LogP contribution is -2.32. The monoisotopic (exact) mass is 355 g/mol. The molecule has 2 N–H and O–H groups in total. The summed E-state index contributed by atoms with van der Waals surface area (Å²) in [6, 6.07) is 5.63. The lowest BCUT2D eigenvalue weighted by Gasteiger charge is -2.15. The number of rotatable bonds is 7. The van der Waals surface area contributed by atoms with Gasteiger partial charge in [0.2, 0.25) is 0 Å². The molecule has 0 saturated carbocycles. The molecule has 0 bridgehead atoms. The van der Waals surface area contributed by atoms with E-state index in [4.69, 9.17) is 5.11 Å². The summed E-state index contributed by atoms with van der Waals surface area (Å²) in [5.41, 5.74) is 1.71. The summed E-state index contributed by atoms with van der Waals surface area (Å²) in [5.74, 6) is -1.21. The van der Waals surface area contributed by atoms with Crippen LogP contribution in [0.25, 0.3) is 0 Å². The maximum absolute atomic E-state index is 12.2. The lowest BCUT2D eigenvalue weighted by molar-refractivity contribution is -0.141. The van der Waals surface area contributed by atoms with Gasteiger partial charge in [0.1, 0.15) is 0 Å². The highest BCUT2D eigenvalue weighted by molar-refractivity contribution is 9.10. The maximum atomic E-state index is 12.2. The molecule has 0 spiro atoms. The first-order valence-corrected chi connectivity index (χ1v) is 7.90. The Labute approximate surface area is 134 Å². The molecule has 0 aliphatic heterocycles. The number of carbonyl (C=O) groups is 2. The molecular weight excluding hydrogens is 334 g/mol. The number of amides is 1. The van der Waals surface area contributed by atoms with E-state index in [2.05, 4.69) is 21.2 Å². The second kappa shape index (κ2) is 8.17. The zero-order chi connectivity index (χ0) is 16.0. The summed E-state index contributed by atoms with van der Waals surface area (Å²) in [5, 5.41) is 11.8. The number of halogens is 1. The van der Waals surface area contributed by atoms with Gasteiger partial charge in [0, 0.05) is 10.5 Å². The first-order valence-electron chi connectivity index (χ1n) is 7.11. The quantitative estimate of drug-likeness (QED) is 0.782. The van der Waals surface area contributed by atoms with E-state index in [1.165, 1.54) is 0 Å². The summed E-state index contributed by atoms with van der Waals surface area (Å²) in [6.45, 7) is 5.61. The molecule has 2 atom stereocenters. The Morgan fingerprint density at radius 3 is 2.52 bits per heavy atom. The zero-order valence-electron chi connectivity index (χ0n) is 12.6. The fraction of sp³-hybridized carbons (Fsp3) is 0.500. The lowest BCUT2D eigenvalue weighted by atomic mass is 10.0. The predicted molar refractivity (Wildman–Crippen MR) is 86.5 cm³/mol. The van der Waals surface area contributed by atoms with E-state index in [1.54, 1.807) is 13.0 Å². The van der Waals surface area contributed by atoms with Crippen LogP contribution in [-0.4, -0.2) is 23.0 Å². The number of nitrogens with one attached hydrogen (secondary N) is 1. The van der Waals surface area contributed by atoms with Crippen molar-refractivity contribution < 1.29 is 14.7 Å². The van der Waals surface area contributed by atoms with Crippen molar-refractivity contribution in [3.8, 4) is 0 Å². The Kier molecular flexibility index (Phi) is 6.89. The van der Waals surface area contributed by atoms with Crippen LogP contribution in [0.15, 0.2) is 22.7 Å². The Balaban J connectivity index is 2.45. The molecule has 0 aliphatic rings. The van der Waals surface area contributed by atoms with Crippen molar-refractivity contribution in [3.63, 3.8) is 0 Å². The Morgan fingerprint density at radius 2 is 1.95 bits per heavy atom. The van der Waals surface area contributed by atoms with Crippen molar-refractivity contribution in [3.05, 3.63) is 33.8 Å². The van der Waals surface area contributed by atoms with Gasteiger partial charge in [-0.15, -0.1) is 0 Å². The summed E-state index contributed by atoms with van der Waals surface area (Å²) in [6.07, 6.45) is 2.18. The van der Waals surface area contributed by atoms with Gasteiger partial charge in [-0.25, -0.2) is 0 Å². The van der Waals surface area contributed by atoms with Gasteiger partial charge in [-0.2, -0.15) is 0 Å². The van der Waals surface area contributed by atoms with Gasteiger partial charge in [0.25, 0.3) is 5.91 Å². The number of carboxylic acids is 1. The number of hydrogen-bond donors (Lipinski definition) is 2. The molecule has 5 heteroatoms. The van der Waals surface area contributed by atoms with Crippen LogP contribution >= 0.6 is 15.9 Å². The van der Waals surface area contributed by atoms with E-state index in [9.17, 15) is 9.59 Å². The fourth-order valence-corrected chi connectivity index (χ4v) is 2.71. The summed E-state index contributed by atoms with van der Waals surface area (Å²) in [4.78, 5) is 22.9. The van der Waals surface area contributed by atoms with E-state index < -0.39 is 5.97 Å². The van der Waals surface area contributed by atoms with Gasteiger partial charge in [0.05, 0.1) is 11.5 Å². The molecule has 116 valence electrons. The molecule has 0 radical (unpaired) electrons. The Bertz CT molecular complexity index is 516. The summed E-state index contributed by atoms with van der Waals surface area (Å²) >= 11 is 3.40. The third kappa shape index (κ3) is 5.87. The maximum Gasteiger partial charge on any atom is 0.306 e. The van der Waals surface area contributed by atoms with Crippen LogP contribution in [0.1, 0.15) is 49.0 Å². The average molecular weight is 356 g/mol. The summed E-state index contributed by atoms with van der Waals surface area (Å²) in [7, 11) is 0. The first-order chi connectivity index (χ1) is 9.81. The van der Waals surface area contributed by atoms with Gasteiger partial charge in [-0.1, -0.05) is 19.4 Å². The van der Waals surface area contributed by atoms with Crippen molar-refractivity contribution in [2.45, 2.75) is 46.1 Å². The number of benzene rings is 1. The van der Waals surface area contributed by atoms with E-state index in [1.807, 2.05) is 26.0 Å². The standard InChI is InChI=1S/C16H22BrNO3/c1-10-7-8-13(14(17)9-10)15(19)18-12(3)6-4-5-11(2)16(20)21/h7-9,11-12H,4-6H2,1-3H3,(H,18,19)(H,20,21). The van der Waals surface area contributed by atoms with E-state index in [0.29, 0.717) is 12.0 Å². The van der Waals surface area contributed by atoms with E-state index in [0.717, 1.165) is 22.9 Å². The molecule has 0 saturated heterocycles. The molecule has 0 heterocycles. The van der Waals surface area contributed by atoms with Crippen molar-refractivity contribution >= 4 is 27.8 Å². The number of aryl methyl sites for hydroxylation is 1. The van der Waals surface area contributed by atoms with Crippen molar-refractivity contribution in [2.75, 3.05) is 0 Å². The Hall–Kier alpha value is -1.36. The van der Waals surface area contributed by atoms with Crippen LogP contribution in [-0.2, 0) is 4.79 Å². The molecule has 0 aromatic heterocycles. The predicted octanol–water partition coefficient (Wildman–Crippen LogP) is 3.77. The highest BCUT2D eigenvalue weighted by Crippen LogP contribution is 2.18. The molecule has 0 fully saturated rings. The highest BCUT2D eigenvalue weighted by atomic mass is 79.9. The topological polar surface area (TPSA) is 66.4 Å². The minimum absolute atomic E-state index is 0.0201. The van der Waals surface area contributed by atoms with Crippen LogP contribution in [0.2, 0.25) is 0 Å². The van der Waals surface area contributed by atoms with Crippen molar-refractivity contribution in [1.82, 2.24) is 5.32 Å². The largest absolute Gasteiger partial charge is 0.481 e. The molecule has 1 aromatic carbocycles. The zero-order valence-corrected chi connectivity index (χ0v) is 14.2. The summed E-state index contributed by atoms with van der Waals surface area (Å²) < 4.78 is 0.784. The van der Waals surface area contributed by atoms with Gasteiger partial charge < -0.3 is 10.4 Å². The number of carboxylic acid groups (broad SMARTS) is 1. The van der Waals surface area contributed by atoms with E-state index >= 15 is 0 Å². The Morgan fingerprint density at radius 1 is 1.29 bits per heavy atom. The molecule has 1 aromatic rings. The van der Waals surface area contributed by atoms with Gasteiger partial charge in [0.15, 0.2) is 0 Å². The second-order valence-corrected chi connectivity index (χ2v) is 6.38. The van der Waals surface area contributed by atoms with Crippen molar-refractivity contribution in [1.29, 1.82) is 0 Å². The second-order valence-electron chi connectivity index (χ2n) is 5.53. The molecule has 4 nitrogen and oxygen atoms in total. The van der Waals surface area contributed by atoms with Crippen molar-refractivity contribution in [2.24, 2.45) is 5.92 Å². The highest BCUT2D eigenvalue weighted by Gasteiger charge is 2.14. The number of aliphatic carboxylic acids is 1. The van der Waals surface area contributed by atoms with Crippen LogP contribution in [0.3, 0.4) is 0 Å². The molecule has 0 aliphatic carbocycles. The van der Waals surface area contributed by atoms with E-state index in [-0.39, 0.29) is 17.9 Å². The molecule has 2 unspecified atom stereocenters.